The third-order valence-electron chi connectivity index (χ3n) is 10.5. The predicted octanol–water partition coefficient (Wildman–Crippen LogP) is 8.35. The van der Waals surface area contributed by atoms with Gasteiger partial charge in [-0.05, 0) is 93.4 Å². The van der Waals surface area contributed by atoms with Crippen LogP contribution in [0.2, 0.25) is 31.2 Å². The smallest absolute Gasteiger partial charge is 0.192 e. The Morgan fingerprint density at radius 2 is 1.66 bits per heavy atom. The maximum absolute atomic E-state index is 9.31. The molecule has 3 nitrogen and oxygen atoms in total. The van der Waals surface area contributed by atoms with Crippen LogP contribution >= 0.6 is 0 Å². The number of hydrogen-bond donors (Lipinski definition) is 1. The number of hydrogen-bond acceptors (Lipinski definition) is 3. The Kier molecular flexibility index (Phi) is 10.3. The van der Waals surface area contributed by atoms with E-state index in [1.807, 2.05) is 0 Å². The van der Waals surface area contributed by atoms with Gasteiger partial charge in [-0.3, -0.25) is 0 Å². The molecule has 218 valence electrons. The fourth-order valence-corrected chi connectivity index (χ4v) is 10.1. The van der Waals surface area contributed by atoms with Crippen LogP contribution in [0, 0.1) is 46.8 Å². The van der Waals surface area contributed by atoms with Gasteiger partial charge in [0.2, 0.25) is 0 Å². The van der Waals surface area contributed by atoms with Crippen LogP contribution in [0.25, 0.3) is 0 Å². The van der Waals surface area contributed by atoms with E-state index in [0.29, 0.717) is 23.7 Å². The number of fused-ring (bicyclic) bond motifs is 1. The average molecular weight is 561 g/mol. The Bertz CT molecular complexity index is 879. The lowest BCUT2D eigenvalue weighted by atomic mass is 9.51. The van der Waals surface area contributed by atoms with Crippen molar-refractivity contribution >= 4 is 17.4 Å². The minimum atomic E-state index is -1.92. The molecule has 0 saturated heterocycles. The largest absolute Gasteiger partial charge is 0.413 e. The van der Waals surface area contributed by atoms with Gasteiger partial charge in [0.05, 0.1) is 6.10 Å². The Hall–Kier alpha value is -0.386. The maximum atomic E-state index is 9.31. The van der Waals surface area contributed by atoms with Crippen LogP contribution in [0.3, 0.4) is 0 Å². The van der Waals surface area contributed by atoms with Crippen molar-refractivity contribution < 1.29 is 14.0 Å². The molecule has 0 aliphatic heterocycles. The monoisotopic (exact) mass is 560 g/mol. The summed E-state index contributed by atoms with van der Waals surface area (Å²) in [4.78, 5) is 0. The van der Waals surface area contributed by atoms with Crippen molar-refractivity contribution in [3.63, 3.8) is 0 Å². The Morgan fingerprint density at radius 1 is 1.03 bits per heavy atom. The Balaban J connectivity index is 2.05. The molecular weight excluding hydrogens is 501 g/mol. The van der Waals surface area contributed by atoms with Crippen LogP contribution in [0.5, 0.6) is 0 Å². The summed E-state index contributed by atoms with van der Waals surface area (Å²) >= 11 is 0. The van der Waals surface area contributed by atoms with Crippen molar-refractivity contribution in [3.8, 4) is 11.8 Å². The van der Waals surface area contributed by atoms with E-state index in [2.05, 4.69) is 92.6 Å². The number of unbranched alkanes of at least 4 members (excludes halogenated alkanes) is 1. The molecule has 3 rings (SSSR count). The van der Waals surface area contributed by atoms with Gasteiger partial charge in [0.15, 0.2) is 17.4 Å². The van der Waals surface area contributed by atoms with Crippen LogP contribution in [-0.4, -0.2) is 40.8 Å². The summed E-state index contributed by atoms with van der Waals surface area (Å²) in [5, 5.41) is 9.50. The van der Waals surface area contributed by atoms with Gasteiger partial charge < -0.3 is 14.0 Å². The molecule has 0 amide bonds. The fourth-order valence-electron chi connectivity index (χ4n) is 7.38. The van der Waals surface area contributed by atoms with Gasteiger partial charge in [-0.1, -0.05) is 84.8 Å². The van der Waals surface area contributed by atoms with Crippen molar-refractivity contribution in [2.45, 2.75) is 143 Å². The van der Waals surface area contributed by atoms with Gasteiger partial charge in [-0.2, -0.15) is 0 Å². The van der Waals surface area contributed by atoms with E-state index in [1.165, 1.54) is 32.1 Å². The molecule has 3 aliphatic carbocycles. The quantitative estimate of drug-likeness (QED) is 0.140. The molecule has 6 unspecified atom stereocenters. The average Bonchev–Trinajstić information content (AvgIpc) is 3.33. The van der Waals surface area contributed by atoms with E-state index < -0.39 is 17.4 Å². The molecule has 0 bridgehead atoms. The van der Waals surface area contributed by atoms with Gasteiger partial charge >= 0.3 is 0 Å². The highest BCUT2D eigenvalue weighted by atomic mass is 28.4. The number of aliphatic hydroxyl groups excluding tert-OH is 1. The van der Waals surface area contributed by atoms with Crippen molar-refractivity contribution in [3.05, 3.63) is 11.6 Å². The third-order valence-corrected chi connectivity index (χ3v) is 15.8. The van der Waals surface area contributed by atoms with Crippen LogP contribution < -0.4 is 0 Å². The number of aliphatic hydroxyl groups is 1. The summed E-state index contributed by atoms with van der Waals surface area (Å²) in [6.07, 6.45) is 11.9. The first-order chi connectivity index (χ1) is 17.6. The van der Waals surface area contributed by atoms with Crippen LogP contribution in [-0.2, 0) is 8.85 Å². The molecule has 6 atom stereocenters. The second kappa shape index (κ2) is 12.2. The number of rotatable bonds is 8. The molecule has 5 heteroatoms. The van der Waals surface area contributed by atoms with E-state index in [4.69, 9.17) is 8.85 Å². The SMILES string of the molecule is CC1/C(=C/CCCO)C2CCC(O[Si](C)(C)C(C)(C)C)C(C#CC(O[SiH](C)C)(C3CCCC3)C(C)(C)C)C12. The molecule has 0 heterocycles. The molecule has 3 saturated carbocycles. The van der Waals surface area contributed by atoms with Gasteiger partial charge in [0, 0.05) is 17.9 Å². The van der Waals surface area contributed by atoms with E-state index >= 15 is 0 Å². The molecule has 0 radical (unpaired) electrons. The second-order valence-corrected chi connectivity index (χ2v) is 22.6. The molecule has 0 aromatic rings. The van der Waals surface area contributed by atoms with Gasteiger partial charge in [-0.15, -0.1) is 0 Å². The molecule has 0 aromatic heterocycles. The zero-order valence-corrected chi connectivity index (χ0v) is 28.9. The summed E-state index contributed by atoms with van der Waals surface area (Å²) in [5.41, 5.74) is 1.21. The second-order valence-electron chi connectivity index (χ2n) is 15.5. The molecular formula is C33H60O3Si2. The molecule has 3 aliphatic rings. The van der Waals surface area contributed by atoms with Gasteiger partial charge in [-0.25, -0.2) is 0 Å². The molecule has 0 spiro atoms. The zero-order chi connectivity index (χ0) is 28.5. The van der Waals surface area contributed by atoms with Crippen LogP contribution in [0.1, 0.15) is 99.8 Å². The normalized spacial score (nSPS) is 31.5. The van der Waals surface area contributed by atoms with Gasteiger partial charge in [0.1, 0.15) is 5.60 Å². The van der Waals surface area contributed by atoms with E-state index in [-0.39, 0.29) is 34.7 Å². The fraction of sp³-hybridized carbons (Fsp3) is 0.879. The lowest BCUT2D eigenvalue weighted by Crippen LogP contribution is -2.55. The lowest BCUT2D eigenvalue weighted by Gasteiger charge is -2.56. The number of allylic oxidation sites excluding steroid dienone is 2. The molecule has 3 fully saturated rings. The molecule has 0 aromatic carbocycles. The third kappa shape index (κ3) is 6.57. The highest BCUT2D eigenvalue weighted by Gasteiger charge is 2.54. The Labute approximate surface area is 238 Å². The zero-order valence-electron chi connectivity index (χ0n) is 26.7. The van der Waals surface area contributed by atoms with Crippen LogP contribution in [0.15, 0.2) is 11.6 Å². The highest BCUT2D eigenvalue weighted by Crippen LogP contribution is 2.57. The van der Waals surface area contributed by atoms with Crippen LogP contribution in [0.4, 0.5) is 0 Å². The lowest BCUT2D eigenvalue weighted by molar-refractivity contribution is -0.0329. The topological polar surface area (TPSA) is 38.7 Å². The van der Waals surface area contributed by atoms with E-state index in [1.54, 1.807) is 5.57 Å². The minimum Gasteiger partial charge on any atom is -0.413 e. The summed E-state index contributed by atoms with van der Waals surface area (Å²) in [6.45, 7) is 26.3. The first kappa shape index (κ1) is 32.1. The summed E-state index contributed by atoms with van der Waals surface area (Å²) in [5.74, 6) is 10.5. The van der Waals surface area contributed by atoms with Gasteiger partial charge in [0.25, 0.3) is 0 Å². The minimum absolute atomic E-state index is 0.0310. The summed E-state index contributed by atoms with van der Waals surface area (Å²) < 4.78 is 14.3. The molecule has 38 heavy (non-hydrogen) atoms. The standard InChI is InChI=1S/C33H60O3Si2/c1-24-26(18-14-15-23-34)27-19-20-29(35-38(10,11)32(5,6)7)28(30(24)27)21-22-33(31(2,3)4,36-37(8)9)25-16-12-13-17-25/h18,24-25,27-30,34,37H,12-17,19-20,23H2,1-11H3/b26-18-. The Morgan fingerprint density at radius 3 is 2.18 bits per heavy atom. The predicted molar refractivity (Wildman–Crippen MR) is 167 cm³/mol. The summed E-state index contributed by atoms with van der Waals surface area (Å²) in [6, 6.07) is 0. The first-order valence-corrected chi connectivity index (χ1v) is 21.4. The van der Waals surface area contributed by atoms with Crippen molar-refractivity contribution in [2.24, 2.45) is 35.0 Å². The van der Waals surface area contributed by atoms with Crippen molar-refractivity contribution in [1.29, 1.82) is 0 Å². The van der Waals surface area contributed by atoms with E-state index in [0.717, 1.165) is 19.3 Å². The summed E-state index contributed by atoms with van der Waals surface area (Å²) in [7, 11) is -3.23. The van der Waals surface area contributed by atoms with E-state index in [9.17, 15) is 5.11 Å². The maximum Gasteiger partial charge on any atom is 0.192 e. The van der Waals surface area contributed by atoms with Crippen molar-refractivity contribution in [1.82, 2.24) is 0 Å². The highest BCUT2D eigenvalue weighted by molar-refractivity contribution is 6.74. The van der Waals surface area contributed by atoms with Crippen molar-refractivity contribution in [2.75, 3.05) is 6.61 Å². The molecule has 1 N–H and O–H groups in total. The first-order valence-electron chi connectivity index (χ1n) is 15.7.